The summed E-state index contributed by atoms with van der Waals surface area (Å²) in [5.74, 6) is 0.704. The van der Waals surface area contributed by atoms with E-state index < -0.39 is 0 Å². The molecule has 0 N–H and O–H groups in total. The van der Waals surface area contributed by atoms with Crippen molar-refractivity contribution in [1.82, 2.24) is 0 Å². The number of ether oxygens (including phenoxy) is 13. The maximum Gasteiger partial charge on any atom is 0.305 e. The Morgan fingerprint density at radius 3 is 0.982 bits per heavy atom. The largest absolute Gasteiger partial charge is 0.491 e. The summed E-state index contributed by atoms with van der Waals surface area (Å²) < 4.78 is 71.2. The van der Waals surface area contributed by atoms with Gasteiger partial charge < -0.3 is 61.6 Å². The summed E-state index contributed by atoms with van der Waals surface area (Å²) in [6, 6.07) is 9.67. The van der Waals surface area contributed by atoms with Crippen LogP contribution in [-0.2, 0) is 61.6 Å². The summed E-state index contributed by atoms with van der Waals surface area (Å²) >= 11 is 0. The molecule has 14 heteroatoms. The molecule has 0 saturated carbocycles. The number of carbonyl (C=O) groups excluding carboxylic acids is 1. The van der Waals surface area contributed by atoms with Gasteiger partial charge in [-0.15, -0.1) is 0 Å². The van der Waals surface area contributed by atoms with E-state index >= 15 is 0 Å². The zero-order valence-electron chi connectivity index (χ0n) is 34.6. The second-order valence-corrected chi connectivity index (χ2v) is 12.7. The average molecular weight is 805 g/mol. The maximum atomic E-state index is 11.8. The molecule has 0 unspecified atom stereocenters. The molecule has 56 heavy (non-hydrogen) atoms. The Hall–Kier alpha value is -1.95. The van der Waals surface area contributed by atoms with E-state index in [4.69, 9.17) is 61.6 Å². The van der Waals surface area contributed by atoms with Gasteiger partial charge in [0.05, 0.1) is 145 Å². The van der Waals surface area contributed by atoms with E-state index in [9.17, 15) is 4.79 Å². The van der Waals surface area contributed by atoms with Gasteiger partial charge in [0.2, 0.25) is 0 Å². The van der Waals surface area contributed by atoms with Crippen LogP contribution in [0.15, 0.2) is 30.3 Å². The molecule has 0 fully saturated rings. The van der Waals surface area contributed by atoms with E-state index in [0.29, 0.717) is 158 Å². The highest BCUT2D eigenvalue weighted by molar-refractivity contribution is 5.69. The molecule has 0 atom stereocenters. The van der Waals surface area contributed by atoms with Crippen LogP contribution in [0.2, 0.25) is 0 Å². The third-order valence-electron chi connectivity index (χ3n) is 7.93. The Kier molecular flexibility index (Phi) is 42.5. The monoisotopic (exact) mass is 805 g/mol. The molecule has 1 aromatic rings. The van der Waals surface area contributed by atoms with Crippen molar-refractivity contribution in [2.75, 3.05) is 159 Å². The van der Waals surface area contributed by atoms with Crippen molar-refractivity contribution in [2.45, 2.75) is 71.1 Å². The molecular weight excluding hydrogens is 728 g/mol. The summed E-state index contributed by atoms with van der Waals surface area (Å²) in [6.45, 7) is 13.9. The Morgan fingerprint density at radius 1 is 0.357 bits per heavy atom. The molecule has 328 valence electrons. The van der Waals surface area contributed by atoms with E-state index in [1.54, 1.807) is 0 Å². The Balaban J connectivity index is 1.62. The summed E-state index contributed by atoms with van der Waals surface area (Å²) in [5.41, 5.74) is 0. The van der Waals surface area contributed by atoms with Crippen LogP contribution in [0.25, 0.3) is 0 Å². The lowest BCUT2D eigenvalue weighted by Gasteiger charge is -2.09. The third-order valence-corrected chi connectivity index (χ3v) is 7.93. The molecule has 0 spiro atoms. The van der Waals surface area contributed by atoms with Crippen LogP contribution in [0.3, 0.4) is 0 Å². The van der Waals surface area contributed by atoms with Gasteiger partial charge in [-0.3, -0.25) is 4.79 Å². The number of unbranched alkanes of at least 4 members (excludes halogenated alkanes) is 8. The standard InChI is InChI=1S/C42H76O14/c1-2-3-4-5-6-7-8-9-13-16-42(43)56-40-38-54-36-34-52-32-30-50-28-26-48-24-22-46-20-18-44-17-19-45-21-23-47-25-27-49-29-31-51-33-35-53-37-39-55-41-14-11-10-12-15-41/h10-12,14-15H,2-9,13,16-40H2,1H3. The molecule has 1 aromatic carbocycles. The van der Waals surface area contributed by atoms with Gasteiger partial charge in [-0.05, 0) is 18.6 Å². The van der Waals surface area contributed by atoms with Gasteiger partial charge in [-0.2, -0.15) is 0 Å². The minimum Gasteiger partial charge on any atom is -0.491 e. The predicted octanol–water partition coefficient (Wildman–Crippen LogP) is 5.71. The quantitative estimate of drug-likeness (QED) is 0.0588. The normalized spacial score (nSPS) is 11.4. The van der Waals surface area contributed by atoms with Crippen molar-refractivity contribution < 1.29 is 66.4 Å². The first kappa shape index (κ1) is 52.1. The van der Waals surface area contributed by atoms with E-state index in [2.05, 4.69) is 6.92 Å². The van der Waals surface area contributed by atoms with Crippen molar-refractivity contribution in [3.05, 3.63) is 30.3 Å². The van der Waals surface area contributed by atoms with Gasteiger partial charge in [0.15, 0.2) is 0 Å². The zero-order chi connectivity index (χ0) is 39.9. The Morgan fingerprint density at radius 2 is 0.643 bits per heavy atom. The number of hydrogen-bond acceptors (Lipinski definition) is 14. The van der Waals surface area contributed by atoms with Crippen LogP contribution in [0.4, 0.5) is 0 Å². The number of benzene rings is 1. The van der Waals surface area contributed by atoms with Crippen LogP contribution < -0.4 is 4.74 Å². The first-order valence-corrected chi connectivity index (χ1v) is 21.0. The van der Waals surface area contributed by atoms with Crippen molar-refractivity contribution in [3.63, 3.8) is 0 Å². The van der Waals surface area contributed by atoms with Crippen molar-refractivity contribution in [3.8, 4) is 5.75 Å². The molecule has 0 radical (unpaired) electrons. The molecule has 0 aliphatic rings. The van der Waals surface area contributed by atoms with E-state index in [-0.39, 0.29) is 12.6 Å². The van der Waals surface area contributed by atoms with Crippen molar-refractivity contribution in [1.29, 1.82) is 0 Å². The average Bonchev–Trinajstić information content (AvgIpc) is 3.21. The van der Waals surface area contributed by atoms with E-state index in [0.717, 1.165) is 18.6 Å². The van der Waals surface area contributed by atoms with Gasteiger partial charge in [0.25, 0.3) is 0 Å². The number of para-hydroxylation sites is 1. The van der Waals surface area contributed by atoms with Crippen molar-refractivity contribution in [2.24, 2.45) is 0 Å². The molecule has 0 aliphatic carbocycles. The topological polar surface area (TPSA) is 137 Å². The van der Waals surface area contributed by atoms with Gasteiger partial charge >= 0.3 is 5.97 Å². The lowest BCUT2D eigenvalue weighted by atomic mass is 10.1. The van der Waals surface area contributed by atoms with Gasteiger partial charge in [-0.25, -0.2) is 0 Å². The molecule has 0 aromatic heterocycles. The lowest BCUT2D eigenvalue weighted by molar-refractivity contribution is -0.145. The van der Waals surface area contributed by atoms with E-state index in [1.807, 2.05) is 30.3 Å². The fraction of sp³-hybridized carbons (Fsp3) is 0.833. The number of esters is 1. The molecule has 0 bridgehead atoms. The number of hydrogen-bond donors (Lipinski definition) is 0. The fourth-order valence-electron chi connectivity index (χ4n) is 4.90. The van der Waals surface area contributed by atoms with Crippen LogP contribution in [0, 0.1) is 0 Å². The van der Waals surface area contributed by atoms with Gasteiger partial charge in [-0.1, -0.05) is 76.5 Å². The molecule has 0 aliphatic heterocycles. The number of carbonyl (C=O) groups is 1. The molecule has 0 saturated heterocycles. The third kappa shape index (κ3) is 41.7. The molecule has 1 rings (SSSR count). The highest BCUT2D eigenvalue weighted by Crippen LogP contribution is 2.11. The Labute approximate surface area is 337 Å². The first-order chi connectivity index (χ1) is 27.8. The minimum atomic E-state index is -0.138. The highest BCUT2D eigenvalue weighted by atomic mass is 16.6. The molecule has 0 heterocycles. The number of rotatable bonds is 47. The predicted molar refractivity (Wildman–Crippen MR) is 214 cm³/mol. The molecular formula is C42H76O14. The molecule has 0 amide bonds. The second kappa shape index (κ2) is 45.7. The summed E-state index contributed by atoms with van der Waals surface area (Å²) in [5, 5.41) is 0. The first-order valence-electron chi connectivity index (χ1n) is 21.0. The van der Waals surface area contributed by atoms with Crippen LogP contribution >= 0.6 is 0 Å². The summed E-state index contributed by atoms with van der Waals surface area (Å²) in [4.78, 5) is 11.8. The SMILES string of the molecule is CCCCCCCCCCCC(=O)OCCOCCOCCOCCOCCOCCOCCOCCOCCOCCOCCOCCOc1ccccc1. The highest BCUT2D eigenvalue weighted by Gasteiger charge is 2.03. The zero-order valence-corrected chi connectivity index (χ0v) is 34.6. The smallest absolute Gasteiger partial charge is 0.305 e. The van der Waals surface area contributed by atoms with Gasteiger partial charge in [0, 0.05) is 6.42 Å². The minimum absolute atomic E-state index is 0.138. The summed E-state index contributed by atoms with van der Waals surface area (Å²) in [7, 11) is 0. The fourth-order valence-corrected chi connectivity index (χ4v) is 4.90. The van der Waals surface area contributed by atoms with Gasteiger partial charge in [0.1, 0.15) is 19.0 Å². The molecule has 14 nitrogen and oxygen atoms in total. The lowest BCUT2D eigenvalue weighted by Crippen LogP contribution is -2.16. The van der Waals surface area contributed by atoms with Crippen molar-refractivity contribution >= 4 is 5.97 Å². The van der Waals surface area contributed by atoms with Crippen LogP contribution in [0.1, 0.15) is 71.1 Å². The summed E-state index contributed by atoms with van der Waals surface area (Å²) in [6.07, 6.45) is 11.6. The Bertz CT molecular complexity index is 897. The van der Waals surface area contributed by atoms with E-state index in [1.165, 1.54) is 44.9 Å². The maximum absolute atomic E-state index is 11.8. The van der Waals surface area contributed by atoms with Crippen LogP contribution in [0.5, 0.6) is 5.75 Å². The van der Waals surface area contributed by atoms with Crippen LogP contribution in [-0.4, -0.2) is 165 Å². The second-order valence-electron chi connectivity index (χ2n) is 12.7.